The number of non-ortho nitro benzene ring substituents is 1. The monoisotopic (exact) mass is 268 g/mol. The molecule has 8 heteroatoms. The van der Waals surface area contributed by atoms with E-state index < -0.39 is 15.0 Å². The standard InChI is InChI=1S/C10H8N2O5S/c13-12(14)9-4-3-5-10(8-9)18(15,16)17-11-6-1-2-7-11/h1-8H. The number of hydrogen-bond acceptors (Lipinski definition) is 5. The molecule has 94 valence electrons. The van der Waals surface area contributed by atoms with Crippen LogP contribution in [-0.2, 0) is 10.1 Å². The molecule has 0 fully saturated rings. The van der Waals surface area contributed by atoms with Crippen LogP contribution in [0.3, 0.4) is 0 Å². The molecule has 0 saturated carbocycles. The molecule has 2 rings (SSSR count). The maximum absolute atomic E-state index is 11.8. The molecular formula is C10H8N2O5S. The van der Waals surface area contributed by atoms with Gasteiger partial charge < -0.3 is 0 Å². The molecule has 0 atom stereocenters. The van der Waals surface area contributed by atoms with Crippen molar-refractivity contribution >= 4 is 15.8 Å². The van der Waals surface area contributed by atoms with E-state index in [4.69, 9.17) is 4.28 Å². The lowest BCUT2D eigenvalue weighted by molar-refractivity contribution is -0.385. The van der Waals surface area contributed by atoms with E-state index in [0.29, 0.717) is 0 Å². The Morgan fingerprint density at radius 1 is 1.17 bits per heavy atom. The van der Waals surface area contributed by atoms with Crippen molar-refractivity contribution in [1.29, 1.82) is 0 Å². The minimum Gasteiger partial charge on any atom is -0.284 e. The summed E-state index contributed by atoms with van der Waals surface area (Å²) in [6.45, 7) is 0. The fourth-order valence-corrected chi connectivity index (χ4v) is 2.20. The van der Waals surface area contributed by atoms with Gasteiger partial charge in [-0.3, -0.25) is 14.4 Å². The molecule has 0 spiro atoms. The lowest BCUT2D eigenvalue weighted by Gasteiger charge is -2.06. The minimum absolute atomic E-state index is 0.273. The van der Waals surface area contributed by atoms with Crippen molar-refractivity contribution < 1.29 is 17.6 Å². The lowest BCUT2D eigenvalue weighted by atomic mass is 10.3. The van der Waals surface area contributed by atoms with Crippen molar-refractivity contribution in [2.45, 2.75) is 4.90 Å². The summed E-state index contributed by atoms with van der Waals surface area (Å²) >= 11 is 0. The number of rotatable bonds is 4. The fourth-order valence-electron chi connectivity index (χ4n) is 1.28. The number of nitro groups is 1. The van der Waals surface area contributed by atoms with Crippen LogP contribution in [-0.4, -0.2) is 18.1 Å². The van der Waals surface area contributed by atoms with Gasteiger partial charge >= 0.3 is 10.1 Å². The molecule has 7 nitrogen and oxygen atoms in total. The highest BCUT2D eigenvalue weighted by atomic mass is 32.2. The van der Waals surface area contributed by atoms with Crippen LogP contribution in [0.15, 0.2) is 53.7 Å². The normalized spacial score (nSPS) is 11.1. The molecule has 0 N–H and O–H groups in total. The van der Waals surface area contributed by atoms with Gasteiger partial charge in [-0.2, -0.15) is 13.1 Å². The van der Waals surface area contributed by atoms with E-state index in [-0.39, 0.29) is 10.6 Å². The van der Waals surface area contributed by atoms with Crippen molar-refractivity contribution in [2.75, 3.05) is 0 Å². The Balaban J connectivity index is 2.35. The Morgan fingerprint density at radius 2 is 1.83 bits per heavy atom. The van der Waals surface area contributed by atoms with Gasteiger partial charge in [-0.25, -0.2) is 0 Å². The summed E-state index contributed by atoms with van der Waals surface area (Å²) < 4.78 is 29.3. The first-order valence-electron chi connectivity index (χ1n) is 4.81. The van der Waals surface area contributed by atoms with Crippen molar-refractivity contribution in [3.8, 4) is 0 Å². The predicted molar refractivity (Wildman–Crippen MR) is 61.3 cm³/mol. The second-order valence-electron chi connectivity index (χ2n) is 3.33. The third-order valence-electron chi connectivity index (χ3n) is 2.08. The van der Waals surface area contributed by atoms with Crippen molar-refractivity contribution in [2.24, 2.45) is 0 Å². The van der Waals surface area contributed by atoms with E-state index in [1.807, 2.05) is 0 Å². The number of nitrogens with zero attached hydrogens (tertiary/aromatic N) is 2. The van der Waals surface area contributed by atoms with Gasteiger partial charge in [0.1, 0.15) is 4.90 Å². The Labute approximate surface area is 102 Å². The van der Waals surface area contributed by atoms with Crippen LogP contribution in [0.25, 0.3) is 0 Å². The molecule has 0 radical (unpaired) electrons. The average molecular weight is 268 g/mol. The first kappa shape index (κ1) is 12.1. The third kappa shape index (κ3) is 2.48. The maximum Gasteiger partial charge on any atom is 0.357 e. The first-order valence-corrected chi connectivity index (χ1v) is 6.22. The second-order valence-corrected chi connectivity index (χ2v) is 4.85. The SMILES string of the molecule is O=[N+]([O-])c1cccc(S(=O)(=O)On2cccc2)c1. The zero-order chi connectivity index (χ0) is 13.2. The summed E-state index contributed by atoms with van der Waals surface area (Å²) in [7, 11) is -4.08. The average Bonchev–Trinajstić information content (AvgIpc) is 2.81. The Bertz CT molecular complexity index is 663. The van der Waals surface area contributed by atoms with E-state index in [0.717, 1.165) is 10.8 Å². The van der Waals surface area contributed by atoms with E-state index in [1.54, 1.807) is 12.1 Å². The zero-order valence-electron chi connectivity index (χ0n) is 8.96. The van der Waals surface area contributed by atoms with Crippen LogP contribution in [0, 0.1) is 10.1 Å². The van der Waals surface area contributed by atoms with E-state index >= 15 is 0 Å². The quantitative estimate of drug-likeness (QED) is 0.614. The van der Waals surface area contributed by atoms with Crippen LogP contribution >= 0.6 is 0 Å². The molecular weight excluding hydrogens is 260 g/mol. The van der Waals surface area contributed by atoms with Gasteiger partial charge in [0.15, 0.2) is 0 Å². The molecule has 1 aromatic heterocycles. The number of benzene rings is 1. The predicted octanol–water partition coefficient (Wildman–Crippen LogP) is 1.21. The summed E-state index contributed by atoms with van der Waals surface area (Å²) in [6.07, 6.45) is 2.80. The highest BCUT2D eigenvalue weighted by molar-refractivity contribution is 7.87. The largest absolute Gasteiger partial charge is 0.357 e. The smallest absolute Gasteiger partial charge is 0.284 e. The molecule has 1 heterocycles. The highest BCUT2D eigenvalue weighted by Gasteiger charge is 2.19. The number of hydrogen-bond donors (Lipinski definition) is 0. The Morgan fingerprint density at radius 3 is 2.44 bits per heavy atom. The van der Waals surface area contributed by atoms with Crippen molar-refractivity contribution in [3.63, 3.8) is 0 Å². The number of nitro benzene ring substituents is 1. The second kappa shape index (κ2) is 4.49. The van der Waals surface area contributed by atoms with Crippen LogP contribution in [0.5, 0.6) is 0 Å². The van der Waals surface area contributed by atoms with Crippen LogP contribution in [0.1, 0.15) is 0 Å². The molecule has 0 aliphatic carbocycles. The molecule has 18 heavy (non-hydrogen) atoms. The maximum atomic E-state index is 11.8. The summed E-state index contributed by atoms with van der Waals surface area (Å²) in [6, 6.07) is 7.83. The van der Waals surface area contributed by atoms with Gasteiger partial charge in [0.05, 0.1) is 4.92 Å². The van der Waals surface area contributed by atoms with Crippen molar-refractivity contribution in [3.05, 3.63) is 58.9 Å². The molecule has 0 saturated heterocycles. The molecule has 0 aliphatic heterocycles. The molecule has 0 aliphatic rings. The van der Waals surface area contributed by atoms with Crippen molar-refractivity contribution in [1.82, 2.24) is 4.73 Å². The van der Waals surface area contributed by atoms with Crippen LogP contribution < -0.4 is 4.28 Å². The molecule has 1 aromatic carbocycles. The highest BCUT2D eigenvalue weighted by Crippen LogP contribution is 2.17. The van der Waals surface area contributed by atoms with Gasteiger partial charge in [-0.15, -0.1) is 0 Å². The van der Waals surface area contributed by atoms with Gasteiger partial charge in [-0.1, -0.05) is 6.07 Å². The number of aromatic nitrogens is 1. The fraction of sp³-hybridized carbons (Fsp3) is 0. The zero-order valence-corrected chi connectivity index (χ0v) is 9.78. The molecule has 0 unspecified atom stereocenters. The van der Waals surface area contributed by atoms with Gasteiger partial charge in [0.25, 0.3) is 5.69 Å². The lowest BCUT2D eigenvalue weighted by Crippen LogP contribution is -2.18. The van der Waals surface area contributed by atoms with Crippen LogP contribution in [0.4, 0.5) is 5.69 Å². The van der Waals surface area contributed by atoms with Gasteiger partial charge in [-0.05, 0) is 18.2 Å². The topological polar surface area (TPSA) is 91.4 Å². The summed E-state index contributed by atoms with van der Waals surface area (Å²) in [4.78, 5) is 9.62. The van der Waals surface area contributed by atoms with Gasteiger partial charge in [0, 0.05) is 24.5 Å². The van der Waals surface area contributed by atoms with Gasteiger partial charge in [0.2, 0.25) is 0 Å². The summed E-state index contributed by atoms with van der Waals surface area (Å²) in [5.74, 6) is 0. The molecule has 2 aromatic rings. The summed E-state index contributed by atoms with van der Waals surface area (Å²) in [5, 5.41) is 10.6. The minimum atomic E-state index is -4.08. The van der Waals surface area contributed by atoms with E-state index in [1.165, 1.54) is 30.6 Å². The van der Waals surface area contributed by atoms with Crippen LogP contribution in [0.2, 0.25) is 0 Å². The summed E-state index contributed by atoms with van der Waals surface area (Å²) in [5.41, 5.74) is -0.313. The molecule has 0 amide bonds. The molecule has 0 bridgehead atoms. The Hall–Kier alpha value is -2.35. The first-order chi connectivity index (χ1) is 8.49. The van der Waals surface area contributed by atoms with E-state index in [2.05, 4.69) is 0 Å². The Kier molecular flexibility index (Phi) is 3.02. The third-order valence-corrected chi connectivity index (χ3v) is 3.28. The van der Waals surface area contributed by atoms with E-state index in [9.17, 15) is 18.5 Å².